The fraction of sp³-hybridized carbons (Fsp3) is 0.381. The Morgan fingerprint density at radius 3 is 2.56 bits per heavy atom. The lowest BCUT2D eigenvalue weighted by Gasteiger charge is -2.42. The minimum Gasteiger partial charge on any atom is -0.493 e. The number of carbonyl (C=O) groups excluding carboxylic acids is 1. The minimum absolute atomic E-state index is 0.0868. The number of amides is 2. The number of nitrogens with one attached hydrogen (secondary N) is 1. The van der Waals surface area contributed by atoms with Gasteiger partial charge in [0.1, 0.15) is 5.69 Å². The summed E-state index contributed by atoms with van der Waals surface area (Å²) in [5.41, 5.74) is 1.24. The number of aromatic amines is 1. The Labute approximate surface area is 181 Å². The highest BCUT2D eigenvalue weighted by atomic mass is 19.1. The standard InChI is InChI=1S/C21H21F2N5O4/c1-30-14-6-15(31-2)17(23)19(16(14)22)27-9-11-7-24-20-13(8-25-26-20)18(11)28(21(27)29)12-4-3-5-32-10-12/h6-8,12H,3-5,9-10H2,1-2H3,(H,24,25,26)/t12-/m0/s1. The third-order valence-electron chi connectivity index (χ3n) is 5.86. The van der Waals surface area contributed by atoms with Crippen molar-refractivity contribution >= 4 is 28.4 Å². The second kappa shape index (κ2) is 7.90. The molecule has 2 amide bonds. The Hall–Kier alpha value is -3.47. The highest BCUT2D eigenvalue weighted by Crippen LogP contribution is 2.43. The number of pyridine rings is 1. The number of urea groups is 1. The molecule has 11 heteroatoms. The van der Waals surface area contributed by atoms with Crippen LogP contribution in [0.1, 0.15) is 18.4 Å². The number of fused-ring (bicyclic) bond motifs is 3. The lowest BCUT2D eigenvalue weighted by Crippen LogP contribution is -2.54. The van der Waals surface area contributed by atoms with Gasteiger partial charge >= 0.3 is 6.03 Å². The smallest absolute Gasteiger partial charge is 0.329 e. The summed E-state index contributed by atoms with van der Waals surface area (Å²) in [6.07, 6.45) is 4.63. The SMILES string of the molecule is COc1cc(OC)c(F)c(N2Cc3cnc4[nH]ncc4c3N([C@H]3CCCOC3)C2=O)c1F. The summed E-state index contributed by atoms with van der Waals surface area (Å²) >= 11 is 0. The van der Waals surface area contributed by atoms with Gasteiger partial charge in [0.25, 0.3) is 0 Å². The third kappa shape index (κ3) is 3.03. The number of hydrogen-bond acceptors (Lipinski definition) is 6. The zero-order chi connectivity index (χ0) is 22.4. The lowest BCUT2D eigenvalue weighted by atomic mass is 10.0. The van der Waals surface area contributed by atoms with E-state index < -0.39 is 23.4 Å². The molecule has 0 bridgehead atoms. The van der Waals surface area contributed by atoms with Crippen molar-refractivity contribution in [3.63, 3.8) is 0 Å². The quantitative estimate of drug-likeness (QED) is 0.662. The van der Waals surface area contributed by atoms with Gasteiger partial charge in [-0.25, -0.2) is 18.6 Å². The summed E-state index contributed by atoms with van der Waals surface area (Å²) < 4.78 is 46.3. The van der Waals surface area contributed by atoms with E-state index >= 15 is 8.78 Å². The predicted octanol–water partition coefficient (Wildman–Crippen LogP) is 3.38. The van der Waals surface area contributed by atoms with E-state index in [1.807, 2.05) is 0 Å². The minimum atomic E-state index is -0.986. The highest BCUT2D eigenvalue weighted by molar-refractivity contribution is 6.11. The number of nitrogens with zero attached hydrogens (tertiary/aromatic N) is 4. The van der Waals surface area contributed by atoms with E-state index in [1.54, 1.807) is 17.3 Å². The molecule has 1 aromatic carbocycles. The van der Waals surface area contributed by atoms with Crippen molar-refractivity contribution < 1.29 is 27.8 Å². The van der Waals surface area contributed by atoms with E-state index in [-0.39, 0.29) is 24.1 Å². The largest absolute Gasteiger partial charge is 0.493 e. The summed E-state index contributed by atoms with van der Waals surface area (Å²) in [4.78, 5) is 20.7. The molecule has 2 aliphatic heterocycles. The van der Waals surface area contributed by atoms with Crippen LogP contribution in [0.3, 0.4) is 0 Å². The molecule has 0 saturated carbocycles. The zero-order valence-electron chi connectivity index (χ0n) is 17.5. The molecule has 0 spiro atoms. The number of carbonyl (C=O) groups is 1. The summed E-state index contributed by atoms with van der Waals surface area (Å²) in [5, 5.41) is 7.50. The molecule has 32 heavy (non-hydrogen) atoms. The molecule has 1 N–H and O–H groups in total. The summed E-state index contributed by atoms with van der Waals surface area (Å²) in [6, 6.07) is 0.228. The molecule has 1 saturated heterocycles. The van der Waals surface area contributed by atoms with E-state index in [2.05, 4.69) is 15.2 Å². The molecule has 0 aliphatic carbocycles. The number of hydrogen-bond donors (Lipinski definition) is 1. The van der Waals surface area contributed by atoms with Crippen LogP contribution in [0.4, 0.5) is 25.0 Å². The van der Waals surface area contributed by atoms with Crippen LogP contribution in [-0.2, 0) is 11.3 Å². The zero-order valence-corrected chi connectivity index (χ0v) is 17.5. The number of ether oxygens (including phenoxy) is 3. The van der Waals surface area contributed by atoms with Crippen LogP contribution in [0, 0.1) is 11.6 Å². The van der Waals surface area contributed by atoms with Gasteiger partial charge in [-0.15, -0.1) is 0 Å². The first-order valence-electron chi connectivity index (χ1n) is 10.1. The number of benzene rings is 1. The number of rotatable bonds is 4. The Kier molecular flexibility index (Phi) is 5.04. The normalized spacial score (nSPS) is 18.8. The van der Waals surface area contributed by atoms with Crippen molar-refractivity contribution in [2.24, 2.45) is 0 Å². The van der Waals surface area contributed by atoms with Crippen LogP contribution >= 0.6 is 0 Å². The monoisotopic (exact) mass is 445 g/mol. The Morgan fingerprint density at radius 2 is 1.91 bits per heavy atom. The molecule has 1 fully saturated rings. The van der Waals surface area contributed by atoms with Crippen molar-refractivity contribution in [1.29, 1.82) is 0 Å². The molecule has 0 unspecified atom stereocenters. The molecule has 1 atom stereocenters. The first-order valence-corrected chi connectivity index (χ1v) is 10.1. The second-order valence-electron chi connectivity index (χ2n) is 7.63. The van der Waals surface area contributed by atoms with Gasteiger partial charge in [-0.3, -0.25) is 14.9 Å². The van der Waals surface area contributed by atoms with Crippen LogP contribution in [0.15, 0.2) is 18.5 Å². The van der Waals surface area contributed by atoms with Crippen LogP contribution in [0.25, 0.3) is 11.0 Å². The molecule has 9 nitrogen and oxygen atoms in total. The average molecular weight is 445 g/mol. The van der Waals surface area contributed by atoms with Gasteiger partial charge in [0.15, 0.2) is 28.8 Å². The van der Waals surface area contributed by atoms with E-state index in [9.17, 15) is 4.79 Å². The van der Waals surface area contributed by atoms with Crippen molar-refractivity contribution in [2.75, 3.05) is 37.2 Å². The Bertz CT molecular complexity index is 1170. The lowest BCUT2D eigenvalue weighted by molar-refractivity contribution is 0.0807. The van der Waals surface area contributed by atoms with Crippen LogP contribution in [-0.4, -0.2) is 54.7 Å². The average Bonchev–Trinajstić information content (AvgIpc) is 3.29. The summed E-state index contributed by atoms with van der Waals surface area (Å²) in [5.74, 6) is -2.43. The summed E-state index contributed by atoms with van der Waals surface area (Å²) in [6.45, 7) is 0.826. The van der Waals surface area contributed by atoms with Crippen molar-refractivity contribution in [1.82, 2.24) is 15.2 Å². The van der Waals surface area contributed by atoms with E-state index in [1.165, 1.54) is 14.2 Å². The summed E-state index contributed by atoms with van der Waals surface area (Å²) in [7, 11) is 2.52. The topological polar surface area (TPSA) is 92.8 Å². The number of aromatic nitrogens is 3. The van der Waals surface area contributed by atoms with Gasteiger partial charge in [0.05, 0.1) is 50.7 Å². The van der Waals surface area contributed by atoms with Crippen LogP contribution in [0.5, 0.6) is 11.5 Å². The van der Waals surface area contributed by atoms with Gasteiger partial charge in [0, 0.05) is 24.4 Å². The van der Waals surface area contributed by atoms with Gasteiger partial charge in [0.2, 0.25) is 0 Å². The number of H-pyrrole nitrogens is 1. The van der Waals surface area contributed by atoms with Gasteiger partial charge in [-0.05, 0) is 12.8 Å². The fourth-order valence-electron chi connectivity index (χ4n) is 4.34. The fourth-order valence-corrected chi connectivity index (χ4v) is 4.34. The van der Waals surface area contributed by atoms with E-state index in [0.717, 1.165) is 17.4 Å². The number of methoxy groups -OCH3 is 2. The first kappa shape index (κ1) is 20.4. The molecule has 5 rings (SSSR count). The maximum atomic E-state index is 15.3. The maximum Gasteiger partial charge on any atom is 0.329 e. The van der Waals surface area contributed by atoms with Crippen LogP contribution in [0.2, 0.25) is 0 Å². The van der Waals surface area contributed by atoms with Crippen LogP contribution < -0.4 is 19.3 Å². The van der Waals surface area contributed by atoms with Crippen molar-refractivity contribution in [3.8, 4) is 11.5 Å². The maximum absolute atomic E-state index is 15.3. The Balaban J connectivity index is 1.71. The molecular weight excluding hydrogens is 424 g/mol. The third-order valence-corrected chi connectivity index (χ3v) is 5.86. The molecule has 2 aromatic heterocycles. The van der Waals surface area contributed by atoms with E-state index in [4.69, 9.17) is 14.2 Å². The van der Waals surface area contributed by atoms with Crippen molar-refractivity contribution in [3.05, 3.63) is 35.7 Å². The Morgan fingerprint density at radius 1 is 1.16 bits per heavy atom. The molecule has 0 radical (unpaired) electrons. The number of halogens is 2. The number of anilines is 2. The molecule has 2 aliphatic rings. The molecular formula is C21H21F2N5O4. The van der Waals surface area contributed by atoms with Gasteiger partial charge in [-0.1, -0.05) is 0 Å². The van der Waals surface area contributed by atoms with Crippen molar-refractivity contribution in [2.45, 2.75) is 25.4 Å². The predicted molar refractivity (Wildman–Crippen MR) is 111 cm³/mol. The second-order valence-corrected chi connectivity index (χ2v) is 7.63. The first-order chi connectivity index (χ1) is 15.5. The van der Waals surface area contributed by atoms with E-state index in [0.29, 0.717) is 41.9 Å². The molecule has 3 aromatic rings. The van der Waals surface area contributed by atoms with Gasteiger partial charge < -0.3 is 14.2 Å². The highest BCUT2D eigenvalue weighted by Gasteiger charge is 2.41. The molecule has 4 heterocycles. The molecule has 168 valence electrons. The van der Waals surface area contributed by atoms with Gasteiger partial charge in [-0.2, -0.15) is 5.10 Å².